The van der Waals surface area contributed by atoms with Crippen LogP contribution in [0.25, 0.3) is 5.70 Å². The normalized spacial score (nSPS) is 18.1. The summed E-state index contributed by atoms with van der Waals surface area (Å²) in [6.45, 7) is 3.97. The summed E-state index contributed by atoms with van der Waals surface area (Å²) in [5, 5.41) is 0. The number of carbonyl (C=O) groups is 1. The van der Waals surface area contributed by atoms with E-state index in [-0.39, 0.29) is 44.5 Å². The third-order valence-corrected chi connectivity index (χ3v) is 3.81. The van der Waals surface area contributed by atoms with Crippen molar-refractivity contribution in [2.24, 2.45) is 5.92 Å². The maximum Gasteiger partial charge on any atom is 0.225 e. The smallest absolute Gasteiger partial charge is 0.225 e. The first-order valence-corrected chi connectivity index (χ1v) is 8.05. The first-order valence-electron chi connectivity index (χ1n) is 6.65. The minimum Gasteiger partial charge on any atom is -0.483 e. The molecule has 1 aromatic rings. The second kappa shape index (κ2) is 8.35. The summed E-state index contributed by atoms with van der Waals surface area (Å²) >= 11 is 1.64. The largest absolute Gasteiger partial charge is 0.483 e. The van der Waals surface area contributed by atoms with Gasteiger partial charge < -0.3 is 9.64 Å². The SMILES string of the molecule is CSCOc1ccc(C2=[C-]CC(C)C(=O)N2C)c(C)c1.[Y]. The zero-order valence-corrected chi connectivity index (χ0v) is 16.6. The van der Waals surface area contributed by atoms with Crippen molar-refractivity contribution in [3.8, 4) is 5.75 Å². The number of nitrogens with zero attached hydrogens (tertiary/aromatic N) is 1. The molecule has 5 heteroatoms. The molecule has 1 aliphatic rings. The number of benzene rings is 1. The van der Waals surface area contributed by atoms with E-state index in [0.717, 1.165) is 22.6 Å². The van der Waals surface area contributed by atoms with E-state index in [9.17, 15) is 4.79 Å². The Morgan fingerprint density at radius 1 is 1.48 bits per heavy atom. The molecule has 3 nitrogen and oxygen atoms in total. The third-order valence-electron chi connectivity index (χ3n) is 3.46. The summed E-state index contributed by atoms with van der Waals surface area (Å²) in [4.78, 5) is 13.8. The van der Waals surface area contributed by atoms with Gasteiger partial charge in [-0.05, 0) is 18.4 Å². The molecule has 1 unspecified atom stereocenters. The molecule has 1 amide bonds. The molecule has 0 aliphatic carbocycles. The van der Waals surface area contributed by atoms with Crippen molar-refractivity contribution >= 4 is 23.4 Å². The van der Waals surface area contributed by atoms with E-state index in [1.54, 1.807) is 16.7 Å². The van der Waals surface area contributed by atoms with E-state index in [0.29, 0.717) is 12.4 Å². The zero-order valence-electron chi connectivity index (χ0n) is 13.0. The average molecular weight is 379 g/mol. The van der Waals surface area contributed by atoms with Crippen LogP contribution in [-0.2, 0) is 37.5 Å². The van der Waals surface area contributed by atoms with Gasteiger partial charge in [-0.15, -0.1) is 34.7 Å². The Kier molecular flexibility index (Phi) is 7.45. The van der Waals surface area contributed by atoms with Gasteiger partial charge >= 0.3 is 0 Å². The first-order chi connectivity index (χ1) is 9.54. The van der Waals surface area contributed by atoms with Gasteiger partial charge in [-0.3, -0.25) is 4.79 Å². The third kappa shape index (κ3) is 4.33. The predicted molar refractivity (Wildman–Crippen MR) is 83.4 cm³/mol. The van der Waals surface area contributed by atoms with Crippen LogP contribution in [-0.4, -0.2) is 30.0 Å². The molecule has 1 atom stereocenters. The Bertz CT molecular complexity index is 545. The number of allylic oxidation sites excluding steroid dienone is 1. The van der Waals surface area contributed by atoms with Gasteiger partial charge in [0.15, 0.2) is 0 Å². The fourth-order valence-electron chi connectivity index (χ4n) is 2.29. The number of amides is 1. The summed E-state index contributed by atoms with van der Waals surface area (Å²) in [5.74, 6) is 1.68. The fourth-order valence-corrected chi connectivity index (χ4v) is 2.54. The first kappa shape index (κ1) is 18.7. The van der Waals surface area contributed by atoms with E-state index in [2.05, 4.69) is 6.08 Å². The van der Waals surface area contributed by atoms with Crippen LogP contribution in [0.4, 0.5) is 0 Å². The van der Waals surface area contributed by atoms with Gasteiger partial charge in [0, 0.05) is 45.7 Å². The van der Waals surface area contributed by atoms with E-state index < -0.39 is 0 Å². The maximum atomic E-state index is 12.1. The Balaban J connectivity index is 0.00000220. The Hall–Kier alpha value is -0.316. The summed E-state index contributed by atoms with van der Waals surface area (Å²) < 4.78 is 5.60. The molecular weight excluding hydrogens is 359 g/mol. The number of rotatable bonds is 4. The van der Waals surface area contributed by atoms with Crippen molar-refractivity contribution < 1.29 is 42.2 Å². The molecule has 0 N–H and O–H groups in total. The summed E-state index contributed by atoms with van der Waals surface area (Å²) in [6.07, 6.45) is 6.03. The molecular formula is C16H20NO2SY-. The molecule has 0 spiro atoms. The van der Waals surface area contributed by atoms with Gasteiger partial charge in [-0.1, -0.05) is 20.3 Å². The molecule has 2 rings (SSSR count). The topological polar surface area (TPSA) is 29.5 Å². The fraction of sp³-hybridized carbons (Fsp3) is 0.438. The van der Waals surface area contributed by atoms with Crippen molar-refractivity contribution in [1.29, 1.82) is 0 Å². The van der Waals surface area contributed by atoms with Crippen LogP contribution in [0.1, 0.15) is 24.5 Å². The second-order valence-electron chi connectivity index (χ2n) is 5.06. The Morgan fingerprint density at radius 3 is 2.81 bits per heavy atom. The molecule has 0 fully saturated rings. The zero-order chi connectivity index (χ0) is 14.7. The number of hydrogen-bond acceptors (Lipinski definition) is 3. The molecule has 1 heterocycles. The molecule has 0 saturated carbocycles. The molecule has 111 valence electrons. The predicted octanol–water partition coefficient (Wildman–Crippen LogP) is 3.33. The molecule has 0 aromatic heterocycles. The van der Waals surface area contributed by atoms with Gasteiger partial charge in [0.05, 0.1) is 0 Å². The summed E-state index contributed by atoms with van der Waals surface area (Å²) in [6, 6.07) is 5.97. The van der Waals surface area contributed by atoms with Crippen LogP contribution in [0.2, 0.25) is 0 Å². The molecule has 0 bridgehead atoms. The quantitative estimate of drug-likeness (QED) is 0.594. The van der Waals surface area contributed by atoms with Crippen molar-refractivity contribution in [2.45, 2.75) is 20.3 Å². The summed E-state index contributed by atoms with van der Waals surface area (Å²) in [5.41, 5.74) is 3.02. The maximum absolute atomic E-state index is 12.1. The van der Waals surface area contributed by atoms with Crippen LogP contribution in [0, 0.1) is 18.9 Å². The van der Waals surface area contributed by atoms with Crippen LogP contribution < -0.4 is 4.74 Å². The average Bonchev–Trinajstić information content (AvgIpc) is 2.44. The molecule has 1 aromatic carbocycles. The molecule has 21 heavy (non-hydrogen) atoms. The van der Waals surface area contributed by atoms with Gasteiger partial charge in [0.1, 0.15) is 11.7 Å². The number of ether oxygens (including phenoxy) is 1. The van der Waals surface area contributed by atoms with Crippen molar-refractivity contribution in [1.82, 2.24) is 4.90 Å². The number of hydrogen-bond donors (Lipinski definition) is 0. The van der Waals surface area contributed by atoms with E-state index in [1.165, 1.54) is 0 Å². The van der Waals surface area contributed by atoms with Crippen LogP contribution >= 0.6 is 11.8 Å². The molecule has 1 aliphatic heterocycles. The van der Waals surface area contributed by atoms with Crippen LogP contribution in [0.15, 0.2) is 18.2 Å². The summed E-state index contributed by atoms with van der Waals surface area (Å²) in [7, 11) is 1.82. The monoisotopic (exact) mass is 379 g/mol. The van der Waals surface area contributed by atoms with Crippen molar-refractivity contribution in [3.05, 3.63) is 35.4 Å². The van der Waals surface area contributed by atoms with Crippen LogP contribution in [0.3, 0.4) is 0 Å². The minimum absolute atomic E-state index is 0. The minimum atomic E-state index is 0. The number of thioether (sulfide) groups is 1. The van der Waals surface area contributed by atoms with Gasteiger partial charge in [-0.2, -0.15) is 0 Å². The van der Waals surface area contributed by atoms with Gasteiger partial charge in [0.2, 0.25) is 5.91 Å². The second-order valence-corrected chi connectivity index (χ2v) is 5.87. The van der Waals surface area contributed by atoms with E-state index in [4.69, 9.17) is 4.74 Å². The Labute approximate surface area is 156 Å². The van der Waals surface area contributed by atoms with Gasteiger partial charge in [-0.25, -0.2) is 6.08 Å². The standard InChI is InChI=1S/C16H20NO2S.Y/c1-11-5-8-15(17(3)16(11)18)14-7-6-13(9-12(14)2)19-10-20-4;/h6-7,9,11H,5,10H2,1-4H3;/q-1;. The van der Waals surface area contributed by atoms with E-state index in [1.807, 2.05) is 45.4 Å². The number of aryl methyl sites for hydroxylation is 1. The van der Waals surface area contributed by atoms with Gasteiger partial charge in [0.25, 0.3) is 0 Å². The Morgan fingerprint density at radius 2 is 2.19 bits per heavy atom. The van der Waals surface area contributed by atoms with E-state index >= 15 is 0 Å². The van der Waals surface area contributed by atoms with Crippen LogP contribution in [0.5, 0.6) is 5.75 Å². The van der Waals surface area contributed by atoms with Crippen molar-refractivity contribution in [3.63, 3.8) is 0 Å². The molecule has 1 radical (unpaired) electrons. The molecule has 0 saturated heterocycles. The van der Waals surface area contributed by atoms with Crippen molar-refractivity contribution in [2.75, 3.05) is 19.2 Å². The number of carbonyl (C=O) groups excluding carboxylic acids is 1.